The third-order valence-corrected chi connectivity index (χ3v) is 6.08. The smallest absolute Gasteiger partial charge is 0.277 e. The topological polar surface area (TPSA) is 33.2 Å². The Hall–Kier alpha value is -1.63. The van der Waals surface area contributed by atoms with Gasteiger partial charge in [-0.25, -0.2) is 4.98 Å². The molecule has 110 valence electrons. The lowest BCUT2D eigenvalue weighted by atomic mass is 10.2. The van der Waals surface area contributed by atoms with Crippen LogP contribution in [0, 0.1) is 0 Å². The zero-order chi connectivity index (χ0) is 14.9. The van der Waals surface area contributed by atoms with Crippen molar-refractivity contribution in [1.29, 1.82) is 0 Å². The largest absolute Gasteiger partial charge is 0.305 e. The molecule has 2 aromatic heterocycles. The predicted molar refractivity (Wildman–Crippen MR) is 94.3 cm³/mol. The van der Waals surface area contributed by atoms with E-state index in [1.54, 1.807) is 23.1 Å². The van der Waals surface area contributed by atoms with E-state index in [0.717, 1.165) is 33.5 Å². The second-order valence-corrected chi connectivity index (χ2v) is 7.60. The summed E-state index contributed by atoms with van der Waals surface area (Å²) >= 11 is 4.96. The molecule has 0 unspecified atom stereocenters. The standard InChI is InChI=1S/C16H12N2OS3/c19-16(12-10-22-15(17-12)11-5-7-20-9-11)18-6-8-21-14-4-2-1-3-13(14)18/h1-5,7,9-10H,6,8H2. The number of carbonyl (C=O) groups excluding carboxylic acids is 1. The molecule has 0 aliphatic carbocycles. The molecule has 0 saturated carbocycles. The van der Waals surface area contributed by atoms with E-state index in [-0.39, 0.29) is 5.91 Å². The number of anilines is 1. The van der Waals surface area contributed by atoms with Crippen molar-refractivity contribution in [2.75, 3.05) is 17.2 Å². The molecule has 0 bridgehead atoms. The van der Waals surface area contributed by atoms with Crippen LogP contribution in [0.25, 0.3) is 10.6 Å². The summed E-state index contributed by atoms with van der Waals surface area (Å²) in [5.74, 6) is 0.912. The van der Waals surface area contributed by atoms with Gasteiger partial charge < -0.3 is 4.90 Å². The van der Waals surface area contributed by atoms with Crippen molar-refractivity contribution in [2.45, 2.75) is 4.90 Å². The van der Waals surface area contributed by atoms with E-state index in [1.165, 1.54) is 11.3 Å². The first kappa shape index (κ1) is 14.0. The number of hydrogen-bond acceptors (Lipinski definition) is 5. The molecule has 0 spiro atoms. The highest BCUT2D eigenvalue weighted by Gasteiger charge is 2.25. The van der Waals surface area contributed by atoms with Gasteiger partial charge in [-0.3, -0.25) is 4.79 Å². The van der Waals surface area contributed by atoms with E-state index in [4.69, 9.17) is 0 Å². The number of hydrogen-bond donors (Lipinski definition) is 0. The molecule has 6 heteroatoms. The van der Waals surface area contributed by atoms with Crippen LogP contribution in [0.5, 0.6) is 0 Å². The van der Waals surface area contributed by atoms with Crippen molar-refractivity contribution in [3.8, 4) is 10.6 Å². The van der Waals surface area contributed by atoms with Crippen LogP contribution in [-0.2, 0) is 0 Å². The molecule has 0 radical (unpaired) electrons. The first-order chi connectivity index (χ1) is 10.8. The second-order valence-electron chi connectivity index (χ2n) is 4.82. The predicted octanol–water partition coefficient (Wildman–Crippen LogP) is 4.62. The molecule has 3 heterocycles. The van der Waals surface area contributed by atoms with Crippen molar-refractivity contribution in [3.05, 3.63) is 52.2 Å². The highest BCUT2D eigenvalue weighted by Crippen LogP contribution is 2.35. The van der Waals surface area contributed by atoms with Gasteiger partial charge in [-0.05, 0) is 23.6 Å². The summed E-state index contributed by atoms with van der Waals surface area (Å²) in [5, 5.41) is 6.85. The molecule has 0 N–H and O–H groups in total. The van der Waals surface area contributed by atoms with Crippen molar-refractivity contribution in [2.24, 2.45) is 0 Å². The molecule has 0 fully saturated rings. The Kier molecular flexibility index (Phi) is 3.73. The maximum atomic E-state index is 12.8. The van der Waals surface area contributed by atoms with Crippen molar-refractivity contribution in [1.82, 2.24) is 4.98 Å². The Bertz CT molecular complexity index is 810. The quantitative estimate of drug-likeness (QED) is 0.680. The number of benzene rings is 1. The lowest BCUT2D eigenvalue weighted by molar-refractivity contribution is 0.0983. The first-order valence-corrected chi connectivity index (χ1v) is 9.65. The summed E-state index contributed by atoms with van der Waals surface area (Å²) in [6.45, 7) is 0.728. The first-order valence-electron chi connectivity index (χ1n) is 6.85. The van der Waals surface area contributed by atoms with Crippen LogP contribution in [0.2, 0.25) is 0 Å². The normalized spacial score (nSPS) is 13.9. The number of thiophene rings is 1. The third-order valence-electron chi connectivity index (χ3n) is 3.47. The number of thiazole rings is 1. The van der Waals surface area contributed by atoms with Crippen LogP contribution >= 0.6 is 34.4 Å². The summed E-state index contributed by atoms with van der Waals surface area (Å²) in [5.41, 5.74) is 2.62. The summed E-state index contributed by atoms with van der Waals surface area (Å²) in [7, 11) is 0. The number of carbonyl (C=O) groups is 1. The molecule has 0 atom stereocenters. The summed E-state index contributed by atoms with van der Waals surface area (Å²) < 4.78 is 0. The van der Waals surface area contributed by atoms with Crippen molar-refractivity contribution < 1.29 is 4.79 Å². The Morgan fingerprint density at radius 2 is 2.09 bits per heavy atom. The van der Waals surface area contributed by atoms with Crippen molar-refractivity contribution >= 4 is 46.0 Å². The second kappa shape index (κ2) is 5.87. The van der Waals surface area contributed by atoms with Gasteiger partial charge in [-0.2, -0.15) is 11.3 Å². The Labute approximate surface area is 140 Å². The number of thioether (sulfide) groups is 1. The van der Waals surface area contributed by atoms with Crippen LogP contribution in [0.4, 0.5) is 5.69 Å². The molecule has 0 saturated heterocycles. The van der Waals surface area contributed by atoms with Gasteiger partial charge in [0.05, 0.1) is 5.69 Å². The fraction of sp³-hybridized carbons (Fsp3) is 0.125. The summed E-state index contributed by atoms with van der Waals surface area (Å²) in [4.78, 5) is 20.3. The number of fused-ring (bicyclic) bond motifs is 1. The number of rotatable bonds is 2. The lowest BCUT2D eigenvalue weighted by Crippen LogP contribution is -2.35. The average Bonchev–Trinajstić information content (AvgIpc) is 3.24. The van der Waals surface area contributed by atoms with Gasteiger partial charge in [0, 0.05) is 33.5 Å². The van der Waals surface area contributed by atoms with Gasteiger partial charge in [0.25, 0.3) is 5.91 Å². The third kappa shape index (κ3) is 2.47. The molecule has 4 rings (SSSR count). The van der Waals surface area contributed by atoms with Crippen LogP contribution in [0.15, 0.2) is 51.4 Å². The molecular formula is C16H12N2OS3. The summed E-state index contributed by atoms with van der Waals surface area (Å²) in [6.07, 6.45) is 0. The van der Waals surface area contributed by atoms with E-state index in [9.17, 15) is 4.79 Å². The van der Waals surface area contributed by atoms with Gasteiger partial charge in [0.2, 0.25) is 0 Å². The monoisotopic (exact) mass is 344 g/mol. The molecule has 1 aliphatic heterocycles. The Morgan fingerprint density at radius 1 is 1.18 bits per heavy atom. The van der Waals surface area contributed by atoms with E-state index in [0.29, 0.717) is 5.69 Å². The Balaban J connectivity index is 1.66. The van der Waals surface area contributed by atoms with Crippen LogP contribution in [0.3, 0.4) is 0 Å². The average molecular weight is 344 g/mol. The molecule has 1 aliphatic rings. The number of aromatic nitrogens is 1. The summed E-state index contributed by atoms with van der Waals surface area (Å²) in [6, 6.07) is 10.1. The highest BCUT2D eigenvalue weighted by atomic mass is 32.2. The maximum Gasteiger partial charge on any atom is 0.277 e. The van der Waals surface area contributed by atoms with E-state index in [1.807, 2.05) is 39.9 Å². The lowest BCUT2D eigenvalue weighted by Gasteiger charge is -2.28. The van der Waals surface area contributed by atoms with Crippen molar-refractivity contribution in [3.63, 3.8) is 0 Å². The Morgan fingerprint density at radius 3 is 2.95 bits per heavy atom. The number of para-hydroxylation sites is 1. The number of amides is 1. The zero-order valence-electron chi connectivity index (χ0n) is 11.6. The van der Waals surface area contributed by atoms with Crippen LogP contribution in [0.1, 0.15) is 10.5 Å². The fourth-order valence-electron chi connectivity index (χ4n) is 2.41. The van der Waals surface area contributed by atoms with Gasteiger partial charge in [-0.15, -0.1) is 23.1 Å². The van der Waals surface area contributed by atoms with Gasteiger partial charge in [-0.1, -0.05) is 12.1 Å². The number of nitrogens with zero attached hydrogens (tertiary/aromatic N) is 2. The van der Waals surface area contributed by atoms with Gasteiger partial charge >= 0.3 is 0 Å². The maximum absolute atomic E-state index is 12.8. The zero-order valence-corrected chi connectivity index (χ0v) is 14.0. The van der Waals surface area contributed by atoms with Crippen LogP contribution < -0.4 is 4.90 Å². The van der Waals surface area contributed by atoms with Gasteiger partial charge in [0.15, 0.2) is 0 Å². The minimum absolute atomic E-state index is 0.00882. The molecule has 1 amide bonds. The van der Waals surface area contributed by atoms with E-state index in [2.05, 4.69) is 16.4 Å². The van der Waals surface area contributed by atoms with Gasteiger partial charge in [0.1, 0.15) is 10.7 Å². The minimum Gasteiger partial charge on any atom is -0.305 e. The van der Waals surface area contributed by atoms with E-state index >= 15 is 0 Å². The minimum atomic E-state index is -0.00882. The molecule has 22 heavy (non-hydrogen) atoms. The molecule has 3 aromatic rings. The molecule has 3 nitrogen and oxygen atoms in total. The SMILES string of the molecule is O=C(c1csc(-c2ccsc2)n1)N1CCSc2ccccc21. The molecule has 1 aromatic carbocycles. The molecular weight excluding hydrogens is 332 g/mol. The van der Waals surface area contributed by atoms with Crippen LogP contribution in [-0.4, -0.2) is 23.2 Å². The highest BCUT2D eigenvalue weighted by molar-refractivity contribution is 7.99. The fourth-order valence-corrected chi connectivity index (χ4v) is 4.91. The van der Waals surface area contributed by atoms with E-state index < -0.39 is 0 Å².